The maximum Gasteiger partial charge on any atom is 0.414 e. The van der Waals surface area contributed by atoms with Crippen molar-refractivity contribution >= 4 is 11.3 Å². The molecule has 0 aliphatic rings. The van der Waals surface area contributed by atoms with Crippen LogP contribution in [0, 0.1) is 6.92 Å². The second-order valence-corrected chi connectivity index (χ2v) is 5.12. The molecule has 98 valence electrons. The molecule has 1 aromatic rings. The molecule has 0 amide bonds. The minimum Gasteiger partial charge on any atom is -0.368 e. The monoisotopic (exact) mass is 267 g/mol. The Labute approximate surface area is 103 Å². The first-order valence-corrected chi connectivity index (χ1v) is 6.15. The zero-order chi connectivity index (χ0) is 12.9. The van der Waals surface area contributed by atoms with Crippen LogP contribution in [-0.4, -0.2) is 25.4 Å². The SMILES string of the molecule is Cc1ccc(CNCCOC(C)C(F)(F)F)s1. The predicted molar refractivity (Wildman–Crippen MR) is 62.2 cm³/mol. The summed E-state index contributed by atoms with van der Waals surface area (Å²) >= 11 is 1.67. The van der Waals surface area contributed by atoms with Gasteiger partial charge in [-0.3, -0.25) is 0 Å². The molecule has 17 heavy (non-hydrogen) atoms. The van der Waals surface area contributed by atoms with Crippen LogP contribution in [0.1, 0.15) is 16.7 Å². The summed E-state index contributed by atoms with van der Waals surface area (Å²) in [6.07, 6.45) is -5.97. The molecule has 0 spiro atoms. The number of rotatable bonds is 6. The first-order valence-electron chi connectivity index (χ1n) is 5.34. The largest absolute Gasteiger partial charge is 0.414 e. The normalized spacial score (nSPS) is 13.9. The Morgan fingerprint density at radius 1 is 1.41 bits per heavy atom. The highest BCUT2D eigenvalue weighted by Crippen LogP contribution is 2.21. The number of aryl methyl sites for hydroxylation is 1. The number of alkyl halides is 3. The fraction of sp³-hybridized carbons (Fsp3) is 0.636. The molecule has 1 rings (SSSR count). The summed E-state index contributed by atoms with van der Waals surface area (Å²) in [5.41, 5.74) is 0. The van der Waals surface area contributed by atoms with Crippen LogP contribution in [0.25, 0.3) is 0 Å². The molecule has 0 radical (unpaired) electrons. The molecular weight excluding hydrogens is 251 g/mol. The van der Waals surface area contributed by atoms with Crippen molar-refractivity contribution in [2.75, 3.05) is 13.2 Å². The van der Waals surface area contributed by atoms with E-state index in [0.29, 0.717) is 13.1 Å². The zero-order valence-corrected chi connectivity index (χ0v) is 10.6. The minimum atomic E-state index is -4.27. The van der Waals surface area contributed by atoms with Gasteiger partial charge >= 0.3 is 6.18 Å². The van der Waals surface area contributed by atoms with E-state index in [0.717, 1.165) is 6.92 Å². The third-order valence-electron chi connectivity index (χ3n) is 2.20. The molecule has 2 nitrogen and oxygen atoms in total. The van der Waals surface area contributed by atoms with Crippen molar-refractivity contribution in [3.63, 3.8) is 0 Å². The number of hydrogen-bond donors (Lipinski definition) is 1. The highest BCUT2D eigenvalue weighted by Gasteiger charge is 2.36. The summed E-state index contributed by atoms with van der Waals surface area (Å²) in [5, 5.41) is 3.04. The van der Waals surface area contributed by atoms with Gasteiger partial charge in [0.15, 0.2) is 6.10 Å². The van der Waals surface area contributed by atoms with Gasteiger partial charge in [0, 0.05) is 22.8 Å². The Morgan fingerprint density at radius 3 is 2.65 bits per heavy atom. The molecule has 0 saturated carbocycles. The fourth-order valence-corrected chi connectivity index (χ4v) is 2.05. The fourth-order valence-electron chi connectivity index (χ4n) is 1.19. The third kappa shape index (κ3) is 5.52. The number of halogens is 3. The second-order valence-electron chi connectivity index (χ2n) is 3.74. The smallest absolute Gasteiger partial charge is 0.368 e. The topological polar surface area (TPSA) is 21.3 Å². The lowest BCUT2D eigenvalue weighted by atomic mass is 10.4. The van der Waals surface area contributed by atoms with E-state index in [2.05, 4.69) is 10.1 Å². The van der Waals surface area contributed by atoms with Crippen molar-refractivity contribution in [3.05, 3.63) is 21.9 Å². The molecule has 0 aliphatic heterocycles. The van der Waals surface area contributed by atoms with Gasteiger partial charge in [-0.1, -0.05) is 0 Å². The summed E-state index contributed by atoms with van der Waals surface area (Å²) in [4.78, 5) is 2.40. The van der Waals surface area contributed by atoms with E-state index in [1.165, 1.54) is 9.75 Å². The van der Waals surface area contributed by atoms with Gasteiger partial charge in [-0.15, -0.1) is 11.3 Å². The number of thiophene rings is 1. The Hall–Kier alpha value is -0.590. The highest BCUT2D eigenvalue weighted by atomic mass is 32.1. The zero-order valence-electron chi connectivity index (χ0n) is 9.80. The van der Waals surface area contributed by atoms with Crippen LogP contribution < -0.4 is 5.32 Å². The Kier molecular flexibility index (Phi) is 5.42. The summed E-state index contributed by atoms with van der Waals surface area (Å²) in [6, 6.07) is 4.02. The molecule has 1 unspecified atom stereocenters. The quantitative estimate of drug-likeness (QED) is 0.800. The summed E-state index contributed by atoms with van der Waals surface area (Å²) in [6.45, 7) is 4.18. The van der Waals surface area contributed by atoms with Crippen LogP contribution in [0.2, 0.25) is 0 Å². The predicted octanol–water partition coefficient (Wildman–Crippen LogP) is 3.11. The van der Waals surface area contributed by atoms with Crippen LogP contribution >= 0.6 is 11.3 Å². The Balaban J connectivity index is 2.09. The minimum absolute atomic E-state index is 0.0605. The molecule has 1 N–H and O–H groups in total. The lowest BCUT2D eigenvalue weighted by molar-refractivity contribution is -0.213. The van der Waals surface area contributed by atoms with Gasteiger partial charge in [-0.05, 0) is 26.0 Å². The first-order chi connectivity index (χ1) is 7.89. The van der Waals surface area contributed by atoms with Crippen LogP contribution in [0.3, 0.4) is 0 Å². The van der Waals surface area contributed by atoms with E-state index in [4.69, 9.17) is 0 Å². The van der Waals surface area contributed by atoms with Gasteiger partial charge < -0.3 is 10.1 Å². The van der Waals surface area contributed by atoms with Crippen LogP contribution in [0.5, 0.6) is 0 Å². The van der Waals surface area contributed by atoms with Crippen LogP contribution in [0.15, 0.2) is 12.1 Å². The molecule has 1 heterocycles. The summed E-state index contributed by atoms with van der Waals surface area (Å²) in [5.74, 6) is 0. The Morgan fingerprint density at radius 2 is 2.12 bits per heavy atom. The third-order valence-corrected chi connectivity index (χ3v) is 3.20. The van der Waals surface area contributed by atoms with Gasteiger partial charge in [0.1, 0.15) is 0 Å². The molecule has 6 heteroatoms. The van der Waals surface area contributed by atoms with E-state index in [1.54, 1.807) is 11.3 Å². The molecule has 0 fully saturated rings. The average Bonchev–Trinajstić information content (AvgIpc) is 2.62. The lowest BCUT2D eigenvalue weighted by Crippen LogP contribution is -2.31. The standard InChI is InChI=1S/C11H16F3NOS/c1-8-3-4-10(17-8)7-15-5-6-16-9(2)11(12,13)14/h3-4,9,15H,5-7H2,1-2H3. The van der Waals surface area contributed by atoms with E-state index in [9.17, 15) is 13.2 Å². The van der Waals surface area contributed by atoms with Crippen molar-refractivity contribution in [2.45, 2.75) is 32.7 Å². The van der Waals surface area contributed by atoms with Crippen molar-refractivity contribution < 1.29 is 17.9 Å². The van der Waals surface area contributed by atoms with Crippen molar-refractivity contribution in [1.29, 1.82) is 0 Å². The van der Waals surface area contributed by atoms with E-state index in [1.807, 2.05) is 19.1 Å². The molecular formula is C11H16F3NOS. The lowest BCUT2D eigenvalue weighted by Gasteiger charge is -2.16. The van der Waals surface area contributed by atoms with Gasteiger partial charge in [-0.25, -0.2) is 0 Å². The van der Waals surface area contributed by atoms with E-state index >= 15 is 0 Å². The van der Waals surface area contributed by atoms with Gasteiger partial charge in [-0.2, -0.15) is 13.2 Å². The maximum atomic E-state index is 12.1. The van der Waals surface area contributed by atoms with Crippen molar-refractivity contribution in [1.82, 2.24) is 5.32 Å². The first kappa shape index (κ1) is 14.5. The molecule has 0 aliphatic carbocycles. The molecule has 0 bridgehead atoms. The molecule has 0 aromatic carbocycles. The highest BCUT2D eigenvalue weighted by molar-refractivity contribution is 7.11. The van der Waals surface area contributed by atoms with Crippen LogP contribution in [-0.2, 0) is 11.3 Å². The van der Waals surface area contributed by atoms with Crippen molar-refractivity contribution in [2.24, 2.45) is 0 Å². The second kappa shape index (κ2) is 6.37. The summed E-state index contributed by atoms with van der Waals surface area (Å²) < 4.78 is 40.9. The number of hydrogen-bond acceptors (Lipinski definition) is 3. The van der Waals surface area contributed by atoms with Crippen molar-refractivity contribution in [3.8, 4) is 0 Å². The van der Waals surface area contributed by atoms with E-state index < -0.39 is 12.3 Å². The average molecular weight is 267 g/mol. The molecule has 1 aromatic heterocycles. The van der Waals surface area contributed by atoms with Gasteiger partial charge in [0.05, 0.1) is 6.61 Å². The number of nitrogens with one attached hydrogen (secondary N) is 1. The maximum absolute atomic E-state index is 12.1. The summed E-state index contributed by atoms with van der Waals surface area (Å²) in [7, 11) is 0. The van der Waals surface area contributed by atoms with E-state index in [-0.39, 0.29) is 6.61 Å². The Bertz CT molecular complexity index is 338. The van der Waals surface area contributed by atoms with Gasteiger partial charge in [0.25, 0.3) is 0 Å². The number of ether oxygens (including phenoxy) is 1. The molecule has 0 saturated heterocycles. The van der Waals surface area contributed by atoms with Crippen LogP contribution in [0.4, 0.5) is 13.2 Å². The molecule has 1 atom stereocenters. The van der Waals surface area contributed by atoms with Gasteiger partial charge in [0.2, 0.25) is 0 Å².